The van der Waals surface area contributed by atoms with Gasteiger partial charge in [0.25, 0.3) is 6.47 Å². The summed E-state index contributed by atoms with van der Waals surface area (Å²) in [6, 6.07) is 11.2. The van der Waals surface area contributed by atoms with E-state index in [1.807, 2.05) is 0 Å². The fourth-order valence-corrected chi connectivity index (χ4v) is 2.31. The van der Waals surface area contributed by atoms with E-state index in [1.165, 1.54) is 47.1 Å². The minimum atomic E-state index is -4.50. The monoisotopic (exact) mass is 350 g/mol. The van der Waals surface area contributed by atoms with E-state index in [9.17, 15) is 22.4 Å². The molecule has 0 aliphatic rings. The number of alkyl halides is 3. The molecule has 0 radical (unpaired) electrons. The number of carbonyl (C=O) groups excluding carboxylic acids is 1. The molecule has 0 aliphatic heterocycles. The average Bonchev–Trinajstić information content (AvgIpc) is 2.99. The van der Waals surface area contributed by atoms with Crippen LogP contribution >= 0.6 is 0 Å². The standard InChI is InChI=1S/C17H10F4N2O2/c18-13-4-6-14(7-5-13)23-15(9-16(22-23)25-10-24)11-2-1-3-12(8-11)17(19,20)21/h1-10H. The molecule has 0 N–H and O–H groups in total. The van der Waals surface area contributed by atoms with Crippen LogP contribution in [-0.4, -0.2) is 16.3 Å². The molecule has 2 aromatic carbocycles. The first kappa shape index (κ1) is 16.7. The Morgan fingerprint density at radius 2 is 1.76 bits per heavy atom. The van der Waals surface area contributed by atoms with Gasteiger partial charge in [0.15, 0.2) is 0 Å². The van der Waals surface area contributed by atoms with Crippen molar-refractivity contribution < 1.29 is 27.1 Å². The average molecular weight is 350 g/mol. The number of halogens is 4. The first-order valence-corrected chi connectivity index (χ1v) is 7.02. The number of rotatable bonds is 4. The Morgan fingerprint density at radius 1 is 1.04 bits per heavy atom. The van der Waals surface area contributed by atoms with Crippen LogP contribution in [0.1, 0.15) is 5.56 Å². The molecule has 0 aliphatic carbocycles. The highest BCUT2D eigenvalue weighted by Gasteiger charge is 2.30. The van der Waals surface area contributed by atoms with Crippen molar-refractivity contribution in [2.24, 2.45) is 0 Å². The Kier molecular flexibility index (Phi) is 4.26. The van der Waals surface area contributed by atoms with Crippen molar-refractivity contribution in [3.05, 3.63) is 66.0 Å². The minimum absolute atomic E-state index is 0.0910. The summed E-state index contributed by atoms with van der Waals surface area (Å²) in [7, 11) is 0. The number of aromatic nitrogens is 2. The fourth-order valence-electron chi connectivity index (χ4n) is 2.31. The Hall–Kier alpha value is -3.16. The topological polar surface area (TPSA) is 44.1 Å². The quantitative estimate of drug-likeness (QED) is 0.522. The third kappa shape index (κ3) is 3.52. The van der Waals surface area contributed by atoms with E-state index in [0.717, 1.165) is 12.1 Å². The van der Waals surface area contributed by atoms with E-state index in [0.29, 0.717) is 5.69 Å². The molecule has 0 spiro atoms. The molecule has 3 rings (SSSR count). The fraction of sp³-hybridized carbons (Fsp3) is 0.0588. The van der Waals surface area contributed by atoms with E-state index >= 15 is 0 Å². The van der Waals surface area contributed by atoms with Crippen LogP contribution in [0.5, 0.6) is 5.88 Å². The highest BCUT2D eigenvalue weighted by molar-refractivity contribution is 5.65. The van der Waals surface area contributed by atoms with Crippen molar-refractivity contribution in [2.45, 2.75) is 6.18 Å². The van der Waals surface area contributed by atoms with E-state index in [2.05, 4.69) is 9.84 Å². The number of benzene rings is 2. The van der Waals surface area contributed by atoms with Crippen molar-refractivity contribution in [1.29, 1.82) is 0 Å². The summed E-state index contributed by atoms with van der Waals surface area (Å²) in [6.07, 6.45) is -4.50. The molecular formula is C17H10F4N2O2. The normalized spacial score (nSPS) is 11.4. The SMILES string of the molecule is O=COc1cc(-c2cccc(C(F)(F)F)c2)n(-c2ccc(F)cc2)n1. The first-order chi connectivity index (χ1) is 11.9. The third-order valence-electron chi connectivity index (χ3n) is 3.41. The van der Waals surface area contributed by atoms with Crippen molar-refractivity contribution in [2.75, 3.05) is 0 Å². The van der Waals surface area contributed by atoms with Gasteiger partial charge in [-0.05, 0) is 36.4 Å². The maximum absolute atomic E-state index is 13.1. The summed E-state index contributed by atoms with van der Waals surface area (Å²) < 4.78 is 57.9. The number of carbonyl (C=O) groups is 1. The Bertz CT molecular complexity index is 902. The second-order valence-corrected chi connectivity index (χ2v) is 5.05. The molecular weight excluding hydrogens is 340 g/mol. The molecule has 4 nitrogen and oxygen atoms in total. The van der Waals surface area contributed by atoms with Crippen molar-refractivity contribution >= 4 is 6.47 Å². The van der Waals surface area contributed by atoms with E-state index < -0.39 is 17.6 Å². The summed E-state index contributed by atoms with van der Waals surface area (Å²) in [6.45, 7) is 0.160. The van der Waals surface area contributed by atoms with E-state index in [-0.39, 0.29) is 23.6 Å². The molecule has 3 aromatic rings. The Morgan fingerprint density at radius 3 is 2.40 bits per heavy atom. The lowest BCUT2D eigenvalue weighted by Crippen LogP contribution is -2.05. The van der Waals surface area contributed by atoms with Crippen LogP contribution in [-0.2, 0) is 11.0 Å². The zero-order valence-corrected chi connectivity index (χ0v) is 12.5. The molecule has 0 saturated heterocycles. The molecule has 0 amide bonds. The van der Waals surface area contributed by atoms with Crippen LogP contribution in [0.2, 0.25) is 0 Å². The molecule has 1 aromatic heterocycles. The predicted octanol–water partition coefficient (Wildman–Crippen LogP) is 4.23. The van der Waals surface area contributed by atoms with Crippen LogP contribution in [0.15, 0.2) is 54.6 Å². The van der Waals surface area contributed by atoms with Gasteiger partial charge < -0.3 is 4.74 Å². The summed E-state index contributed by atoms with van der Waals surface area (Å²) >= 11 is 0. The minimum Gasteiger partial charge on any atom is -0.408 e. The van der Waals surface area contributed by atoms with E-state index in [1.54, 1.807) is 0 Å². The molecule has 0 saturated carbocycles. The van der Waals surface area contributed by atoms with Crippen LogP contribution in [0, 0.1) is 5.82 Å². The van der Waals surface area contributed by atoms with E-state index in [4.69, 9.17) is 0 Å². The molecule has 128 valence electrons. The first-order valence-electron chi connectivity index (χ1n) is 7.02. The number of nitrogens with zero attached hydrogens (tertiary/aromatic N) is 2. The van der Waals surface area contributed by atoms with Gasteiger partial charge >= 0.3 is 6.18 Å². The van der Waals surface area contributed by atoms with Gasteiger partial charge in [0.2, 0.25) is 5.88 Å². The molecule has 25 heavy (non-hydrogen) atoms. The molecule has 0 fully saturated rings. The predicted molar refractivity (Wildman–Crippen MR) is 80.7 cm³/mol. The number of ether oxygens (including phenoxy) is 1. The van der Waals surface area contributed by atoms with Gasteiger partial charge in [-0.3, -0.25) is 4.79 Å². The zero-order chi connectivity index (χ0) is 18.0. The summed E-state index contributed by atoms with van der Waals surface area (Å²) in [4.78, 5) is 10.5. The van der Waals surface area contributed by atoms with Crippen LogP contribution < -0.4 is 4.74 Å². The molecule has 8 heteroatoms. The lowest BCUT2D eigenvalue weighted by atomic mass is 10.1. The second kappa shape index (κ2) is 6.39. The van der Waals surface area contributed by atoms with Gasteiger partial charge in [0.1, 0.15) is 5.82 Å². The highest BCUT2D eigenvalue weighted by atomic mass is 19.4. The maximum atomic E-state index is 13.1. The van der Waals surface area contributed by atoms with Gasteiger partial charge in [-0.2, -0.15) is 13.2 Å². The smallest absolute Gasteiger partial charge is 0.408 e. The van der Waals surface area contributed by atoms with Crippen LogP contribution in [0.4, 0.5) is 17.6 Å². The number of hydrogen-bond acceptors (Lipinski definition) is 3. The zero-order valence-electron chi connectivity index (χ0n) is 12.5. The second-order valence-electron chi connectivity index (χ2n) is 5.05. The van der Waals surface area contributed by atoms with Crippen molar-refractivity contribution in [3.63, 3.8) is 0 Å². The van der Waals surface area contributed by atoms with Gasteiger partial charge in [-0.25, -0.2) is 9.07 Å². The highest BCUT2D eigenvalue weighted by Crippen LogP contribution is 2.33. The van der Waals surface area contributed by atoms with Crippen LogP contribution in [0.3, 0.4) is 0 Å². The van der Waals surface area contributed by atoms with Gasteiger partial charge in [0, 0.05) is 11.6 Å². The summed E-state index contributed by atoms with van der Waals surface area (Å²) in [5.74, 6) is -0.562. The lowest BCUT2D eigenvalue weighted by molar-refractivity contribution is -0.137. The molecule has 0 atom stereocenters. The van der Waals surface area contributed by atoms with Crippen LogP contribution in [0.25, 0.3) is 16.9 Å². The molecule has 0 bridgehead atoms. The Balaban J connectivity index is 2.15. The third-order valence-corrected chi connectivity index (χ3v) is 3.41. The summed E-state index contributed by atoms with van der Waals surface area (Å²) in [5, 5.41) is 4.03. The lowest BCUT2D eigenvalue weighted by Gasteiger charge is -2.10. The maximum Gasteiger partial charge on any atom is 0.416 e. The summed E-state index contributed by atoms with van der Waals surface area (Å²) in [5.41, 5.74) is 0.0474. The van der Waals surface area contributed by atoms with Gasteiger partial charge in [0.05, 0.1) is 16.9 Å². The largest absolute Gasteiger partial charge is 0.416 e. The molecule has 1 heterocycles. The van der Waals surface area contributed by atoms with Gasteiger partial charge in [-0.1, -0.05) is 12.1 Å². The Labute approximate surface area is 139 Å². The van der Waals surface area contributed by atoms with Crippen molar-refractivity contribution in [1.82, 2.24) is 9.78 Å². The number of hydrogen-bond donors (Lipinski definition) is 0. The van der Waals surface area contributed by atoms with Gasteiger partial charge in [-0.15, -0.1) is 5.10 Å². The molecule has 0 unspecified atom stereocenters. The van der Waals surface area contributed by atoms with Crippen molar-refractivity contribution in [3.8, 4) is 22.8 Å².